The van der Waals surface area contributed by atoms with Gasteiger partial charge in [-0.1, -0.05) is 26.8 Å². The van der Waals surface area contributed by atoms with Crippen molar-refractivity contribution in [3.8, 4) is 0 Å². The molecule has 0 spiro atoms. The van der Waals surface area contributed by atoms with Gasteiger partial charge in [0, 0.05) is 24.0 Å². The highest BCUT2D eigenvalue weighted by Crippen LogP contribution is 2.31. The maximum Gasteiger partial charge on any atom is 0.128 e. The molecule has 0 fully saturated rings. The summed E-state index contributed by atoms with van der Waals surface area (Å²) in [6, 6.07) is 0.106. The normalized spacial score (nSPS) is 33.9. The Labute approximate surface area is 90.7 Å². The van der Waals surface area contributed by atoms with Gasteiger partial charge >= 0.3 is 0 Å². The van der Waals surface area contributed by atoms with E-state index in [1.807, 2.05) is 18.6 Å². The van der Waals surface area contributed by atoms with Crippen molar-refractivity contribution in [3.05, 3.63) is 12.3 Å². The molecule has 3 nitrogen and oxygen atoms in total. The van der Waals surface area contributed by atoms with E-state index in [9.17, 15) is 0 Å². The zero-order valence-corrected chi connectivity index (χ0v) is 9.73. The van der Waals surface area contributed by atoms with E-state index in [0.717, 1.165) is 5.84 Å². The van der Waals surface area contributed by atoms with E-state index < -0.39 is 0 Å². The number of nitrogens with zero attached hydrogens (tertiary/aromatic N) is 3. The fourth-order valence-corrected chi connectivity index (χ4v) is 1.64. The Balaban J connectivity index is 2.36. The first-order chi connectivity index (χ1) is 6.92. The first kappa shape index (κ1) is 10.3. The van der Waals surface area contributed by atoms with Crippen molar-refractivity contribution in [2.75, 3.05) is 0 Å². The lowest BCUT2D eigenvalue weighted by Gasteiger charge is -2.33. The Morgan fingerprint density at radius 1 is 1.33 bits per heavy atom. The molecule has 0 amide bonds. The minimum Gasteiger partial charge on any atom is -0.267 e. The van der Waals surface area contributed by atoms with Gasteiger partial charge in [-0.25, -0.2) is 4.99 Å². The lowest BCUT2D eigenvalue weighted by Crippen LogP contribution is -2.39. The smallest absolute Gasteiger partial charge is 0.128 e. The average Bonchev–Trinajstić information content (AvgIpc) is 2.14. The minimum absolute atomic E-state index is 0.00678. The highest BCUT2D eigenvalue weighted by Gasteiger charge is 2.35. The third-order valence-electron chi connectivity index (χ3n) is 2.78. The lowest BCUT2D eigenvalue weighted by molar-refractivity contribution is 0.521. The van der Waals surface area contributed by atoms with Crippen molar-refractivity contribution < 1.29 is 0 Å². The van der Waals surface area contributed by atoms with Crippen LogP contribution >= 0.6 is 0 Å². The molecule has 0 aromatic carbocycles. The molecule has 2 heterocycles. The Morgan fingerprint density at radius 3 is 2.73 bits per heavy atom. The molecule has 2 rings (SSSR count). The number of amidine groups is 1. The average molecular weight is 203 g/mol. The molecule has 0 radical (unpaired) electrons. The van der Waals surface area contributed by atoms with Gasteiger partial charge in [0.25, 0.3) is 0 Å². The summed E-state index contributed by atoms with van der Waals surface area (Å²) in [7, 11) is 0. The minimum atomic E-state index is -0.0868. The van der Waals surface area contributed by atoms with Crippen molar-refractivity contribution in [3.63, 3.8) is 0 Å². The van der Waals surface area contributed by atoms with E-state index in [2.05, 4.69) is 48.7 Å². The second kappa shape index (κ2) is 3.12. The van der Waals surface area contributed by atoms with Gasteiger partial charge in [0.1, 0.15) is 11.9 Å². The summed E-state index contributed by atoms with van der Waals surface area (Å²) >= 11 is 0. The van der Waals surface area contributed by atoms with E-state index in [4.69, 9.17) is 0 Å². The molecule has 2 atom stereocenters. The van der Waals surface area contributed by atoms with Crippen LogP contribution in [0.1, 0.15) is 27.7 Å². The summed E-state index contributed by atoms with van der Waals surface area (Å²) in [5, 5.41) is 0. The summed E-state index contributed by atoms with van der Waals surface area (Å²) in [5.41, 5.74) is -0.0800. The van der Waals surface area contributed by atoms with E-state index in [1.165, 1.54) is 0 Å². The molecule has 0 aliphatic carbocycles. The van der Waals surface area contributed by atoms with E-state index in [0.29, 0.717) is 0 Å². The van der Waals surface area contributed by atoms with Crippen molar-refractivity contribution in [2.45, 2.75) is 33.7 Å². The van der Waals surface area contributed by atoms with Crippen LogP contribution in [-0.4, -0.2) is 24.3 Å². The molecular formula is C12H17N3. The fourth-order valence-electron chi connectivity index (χ4n) is 1.64. The molecule has 2 aliphatic rings. The summed E-state index contributed by atoms with van der Waals surface area (Å²) < 4.78 is 0. The molecule has 2 aliphatic heterocycles. The molecule has 0 bridgehead atoms. The number of fused-ring (bicyclic) bond motifs is 1. The molecule has 80 valence electrons. The van der Waals surface area contributed by atoms with Gasteiger partial charge in [-0.15, -0.1) is 0 Å². The summed E-state index contributed by atoms with van der Waals surface area (Å²) in [6.07, 6.45) is 7.77. The number of aliphatic imine (C=N–C) groups is 3. The van der Waals surface area contributed by atoms with Crippen molar-refractivity contribution in [2.24, 2.45) is 25.8 Å². The topological polar surface area (TPSA) is 37.1 Å². The van der Waals surface area contributed by atoms with Crippen molar-refractivity contribution in [1.29, 1.82) is 0 Å². The van der Waals surface area contributed by atoms with Crippen LogP contribution < -0.4 is 0 Å². The van der Waals surface area contributed by atoms with Crippen LogP contribution in [0.5, 0.6) is 0 Å². The zero-order chi connectivity index (χ0) is 11.1. The SMILES string of the molecule is CC(C)(C)C1=NC2C=NC=CC2(C)C=N1. The molecule has 0 N–H and O–H groups in total. The molecule has 2 unspecified atom stereocenters. The standard InChI is InChI=1S/C12H17N3/c1-11(2,3)10-14-8-12(4)5-6-13-7-9(12)15-10/h5-9H,1-4H3. The van der Waals surface area contributed by atoms with Crippen LogP contribution in [0.25, 0.3) is 0 Å². The molecule has 0 aromatic heterocycles. The largest absolute Gasteiger partial charge is 0.267 e. The van der Waals surface area contributed by atoms with Crippen LogP contribution in [0.4, 0.5) is 0 Å². The lowest BCUT2D eigenvalue weighted by atomic mass is 9.81. The fraction of sp³-hybridized carbons (Fsp3) is 0.583. The Morgan fingerprint density at radius 2 is 2.07 bits per heavy atom. The first-order valence-electron chi connectivity index (χ1n) is 5.26. The molecule has 0 saturated heterocycles. The Hall–Kier alpha value is -1.25. The summed E-state index contributed by atoms with van der Waals surface area (Å²) in [5.74, 6) is 0.909. The molecule has 0 aromatic rings. The van der Waals surface area contributed by atoms with E-state index in [1.54, 1.807) is 0 Å². The summed E-state index contributed by atoms with van der Waals surface area (Å²) in [4.78, 5) is 13.3. The van der Waals surface area contributed by atoms with E-state index in [-0.39, 0.29) is 16.9 Å². The number of rotatable bonds is 0. The third kappa shape index (κ3) is 1.78. The van der Waals surface area contributed by atoms with Gasteiger partial charge in [-0.2, -0.15) is 0 Å². The van der Waals surface area contributed by atoms with Crippen molar-refractivity contribution in [1.82, 2.24) is 0 Å². The van der Waals surface area contributed by atoms with Crippen LogP contribution in [0.2, 0.25) is 0 Å². The maximum atomic E-state index is 4.66. The van der Waals surface area contributed by atoms with Crippen LogP contribution in [-0.2, 0) is 0 Å². The molecule has 15 heavy (non-hydrogen) atoms. The molecule has 0 saturated carbocycles. The van der Waals surface area contributed by atoms with Crippen LogP contribution in [0.3, 0.4) is 0 Å². The predicted molar refractivity (Wildman–Crippen MR) is 64.9 cm³/mol. The van der Waals surface area contributed by atoms with Gasteiger partial charge < -0.3 is 0 Å². The highest BCUT2D eigenvalue weighted by molar-refractivity contribution is 6.00. The zero-order valence-electron chi connectivity index (χ0n) is 9.73. The van der Waals surface area contributed by atoms with Gasteiger partial charge in [0.2, 0.25) is 0 Å². The van der Waals surface area contributed by atoms with E-state index >= 15 is 0 Å². The predicted octanol–water partition coefficient (Wildman–Crippen LogP) is 2.49. The summed E-state index contributed by atoms with van der Waals surface area (Å²) in [6.45, 7) is 8.51. The third-order valence-corrected chi connectivity index (χ3v) is 2.78. The number of hydrogen-bond acceptors (Lipinski definition) is 3. The first-order valence-corrected chi connectivity index (χ1v) is 5.26. The molecular weight excluding hydrogens is 186 g/mol. The quantitative estimate of drug-likeness (QED) is 0.580. The molecule has 3 heteroatoms. The Kier molecular flexibility index (Phi) is 2.14. The maximum absolute atomic E-state index is 4.66. The monoisotopic (exact) mass is 203 g/mol. The Bertz CT molecular complexity index is 382. The van der Waals surface area contributed by atoms with Gasteiger partial charge in [0.05, 0.1) is 5.41 Å². The van der Waals surface area contributed by atoms with Crippen molar-refractivity contribution >= 4 is 18.3 Å². The highest BCUT2D eigenvalue weighted by atomic mass is 15.0. The van der Waals surface area contributed by atoms with Gasteiger partial charge in [-0.05, 0) is 6.92 Å². The van der Waals surface area contributed by atoms with Crippen LogP contribution in [0, 0.1) is 10.8 Å². The number of hydrogen-bond donors (Lipinski definition) is 0. The van der Waals surface area contributed by atoms with Crippen LogP contribution in [0.15, 0.2) is 27.3 Å². The second-order valence-electron chi connectivity index (χ2n) is 5.39. The van der Waals surface area contributed by atoms with Gasteiger partial charge in [-0.3, -0.25) is 9.98 Å². The second-order valence-corrected chi connectivity index (χ2v) is 5.39. The van der Waals surface area contributed by atoms with Gasteiger partial charge in [0.15, 0.2) is 0 Å².